The predicted octanol–water partition coefficient (Wildman–Crippen LogP) is 3.72. The zero-order valence-electron chi connectivity index (χ0n) is 15.9. The lowest BCUT2D eigenvalue weighted by molar-refractivity contribution is 0.308. The summed E-state index contributed by atoms with van der Waals surface area (Å²) < 4.78 is 7.40. The van der Waals surface area contributed by atoms with Crippen LogP contribution in [-0.4, -0.2) is 27.5 Å². The van der Waals surface area contributed by atoms with Crippen LogP contribution in [0.5, 0.6) is 5.75 Å². The lowest BCUT2D eigenvalue weighted by Gasteiger charge is -2.14. The van der Waals surface area contributed by atoms with Gasteiger partial charge < -0.3 is 9.30 Å². The van der Waals surface area contributed by atoms with E-state index in [1.807, 2.05) is 12.3 Å². The number of hydrogen-bond acceptors (Lipinski definition) is 5. The molecule has 1 aliphatic rings. The van der Waals surface area contributed by atoms with Gasteiger partial charge in [0.2, 0.25) is 0 Å². The topological polar surface area (TPSA) is 47.4 Å². The fourth-order valence-electron chi connectivity index (χ4n) is 3.49. The van der Waals surface area contributed by atoms with E-state index in [9.17, 15) is 4.79 Å². The van der Waals surface area contributed by atoms with Gasteiger partial charge in [-0.2, -0.15) is 0 Å². The number of pyridine rings is 1. The molecule has 3 aromatic rings. The van der Waals surface area contributed by atoms with Crippen LogP contribution in [0.1, 0.15) is 28.8 Å². The van der Waals surface area contributed by atoms with Crippen molar-refractivity contribution in [1.82, 2.24) is 14.5 Å². The van der Waals surface area contributed by atoms with Crippen LogP contribution >= 0.6 is 11.3 Å². The van der Waals surface area contributed by atoms with E-state index < -0.39 is 0 Å². The van der Waals surface area contributed by atoms with Gasteiger partial charge in [-0.1, -0.05) is 24.3 Å². The Hall–Kier alpha value is -2.44. The minimum atomic E-state index is -0.0348. The number of benzene rings is 1. The van der Waals surface area contributed by atoms with Gasteiger partial charge in [0, 0.05) is 31.5 Å². The summed E-state index contributed by atoms with van der Waals surface area (Å²) in [7, 11) is 0. The molecule has 28 heavy (non-hydrogen) atoms. The van der Waals surface area contributed by atoms with Gasteiger partial charge in [-0.05, 0) is 49.5 Å². The van der Waals surface area contributed by atoms with Crippen molar-refractivity contribution in [1.29, 1.82) is 0 Å². The van der Waals surface area contributed by atoms with E-state index in [0.717, 1.165) is 17.8 Å². The van der Waals surface area contributed by atoms with Gasteiger partial charge in [0.25, 0.3) is 5.56 Å². The molecule has 0 amide bonds. The molecule has 0 spiro atoms. The van der Waals surface area contributed by atoms with Crippen LogP contribution in [0.15, 0.2) is 59.1 Å². The lowest BCUT2D eigenvalue weighted by atomic mass is 10.1. The number of rotatable bonds is 8. The van der Waals surface area contributed by atoms with E-state index in [0.29, 0.717) is 18.9 Å². The van der Waals surface area contributed by atoms with Crippen molar-refractivity contribution in [3.63, 3.8) is 0 Å². The van der Waals surface area contributed by atoms with Crippen LogP contribution in [0.4, 0.5) is 0 Å². The Morgan fingerprint density at radius 3 is 2.57 bits per heavy atom. The Balaban J connectivity index is 1.29. The molecule has 1 fully saturated rings. The van der Waals surface area contributed by atoms with Crippen LogP contribution in [0.3, 0.4) is 0 Å². The van der Waals surface area contributed by atoms with Crippen LogP contribution in [0.2, 0.25) is 0 Å². The van der Waals surface area contributed by atoms with Crippen LogP contribution in [0.25, 0.3) is 0 Å². The highest BCUT2D eigenvalue weighted by Gasteiger charge is 2.11. The van der Waals surface area contributed by atoms with Crippen molar-refractivity contribution in [3.8, 4) is 5.75 Å². The van der Waals surface area contributed by atoms with Gasteiger partial charge in [-0.3, -0.25) is 14.7 Å². The van der Waals surface area contributed by atoms with Gasteiger partial charge in [0.05, 0.1) is 10.4 Å². The third-order valence-electron chi connectivity index (χ3n) is 5.10. The summed E-state index contributed by atoms with van der Waals surface area (Å²) in [5.41, 5.74) is 4.36. The third kappa shape index (κ3) is 5.09. The molecule has 0 bridgehead atoms. The summed E-state index contributed by atoms with van der Waals surface area (Å²) in [6.45, 7) is 4.59. The normalized spacial score (nSPS) is 14.4. The molecule has 1 saturated heterocycles. The molecular weight excluding hydrogens is 370 g/mol. The summed E-state index contributed by atoms with van der Waals surface area (Å²) >= 11 is 1.54. The Labute approximate surface area is 169 Å². The molecule has 146 valence electrons. The van der Waals surface area contributed by atoms with Gasteiger partial charge in [-0.25, -0.2) is 0 Å². The maximum Gasteiger partial charge on any atom is 0.254 e. The van der Waals surface area contributed by atoms with Crippen LogP contribution in [0, 0.1) is 0 Å². The first kappa shape index (κ1) is 18.9. The van der Waals surface area contributed by atoms with E-state index in [1.165, 1.54) is 37.1 Å². The first-order valence-electron chi connectivity index (χ1n) is 9.77. The summed E-state index contributed by atoms with van der Waals surface area (Å²) in [6.07, 6.45) is 7.07. The molecule has 1 aliphatic heterocycles. The van der Waals surface area contributed by atoms with Crippen molar-refractivity contribution in [2.75, 3.05) is 13.1 Å². The van der Waals surface area contributed by atoms with Crippen molar-refractivity contribution in [2.45, 2.75) is 39.0 Å². The third-order valence-corrected chi connectivity index (χ3v) is 5.85. The number of ether oxygens (including phenoxy) is 1. The molecule has 3 heterocycles. The van der Waals surface area contributed by atoms with E-state index in [1.54, 1.807) is 33.7 Å². The molecule has 0 saturated carbocycles. The fraction of sp³-hybridized carbons (Fsp3) is 0.364. The smallest absolute Gasteiger partial charge is 0.254 e. The van der Waals surface area contributed by atoms with Gasteiger partial charge in [0.15, 0.2) is 0 Å². The SMILES string of the molecule is O=c1cc(OCc2cncs2)ccn1CCc1ccc(CN2CCCC2)cc1. The minimum Gasteiger partial charge on any atom is -0.488 e. The summed E-state index contributed by atoms with van der Waals surface area (Å²) in [6, 6.07) is 12.2. The van der Waals surface area contributed by atoms with Gasteiger partial charge in [0.1, 0.15) is 12.4 Å². The summed E-state index contributed by atoms with van der Waals surface area (Å²) in [5, 5.41) is 0. The second kappa shape index (κ2) is 9.17. The number of aromatic nitrogens is 2. The Kier molecular flexibility index (Phi) is 6.19. The standard InChI is InChI=1S/C22H25N3O2S/c26-22-13-20(27-16-21-14-23-17-28-21)8-12-25(22)11-7-18-3-5-19(6-4-18)15-24-9-1-2-10-24/h3-6,8,12-14,17H,1-2,7,9-11,15-16H2. The number of aryl methyl sites for hydroxylation is 2. The first-order valence-corrected chi connectivity index (χ1v) is 10.6. The zero-order chi connectivity index (χ0) is 19.2. The molecule has 2 aromatic heterocycles. The van der Waals surface area contributed by atoms with Crippen molar-refractivity contribution < 1.29 is 4.74 Å². The summed E-state index contributed by atoms with van der Waals surface area (Å²) in [4.78, 5) is 19.9. The predicted molar refractivity (Wildman–Crippen MR) is 112 cm³/mol. The van der Waals surface area contributed by atoms with E-state index in [4.69, 9.17) is 4.74 Å². The first-order chi connectivity index (χ1) is 13.8. The highest BCUT2D eigenvalue weighted by atomic mass is 32.1. The van der Waals surface area contributed by atoms with E-state index in [2.05, 4.69) is 34.1 Å². The highest BCUT2D eigenvalue weighted by Crippen LogP contribution is 2.15. The highest BCUT2D eigenvalue weighted by molar-refractivity contribution is 7.09. The molecule has 4 rings (SSSR count). The number of thiazole rings is 1. The van der Waals surface area contributed by atoms with Crippen molar-refractivity contribution in [3.05, 3.63) is 80.7 Å². The molecule has 1 aromatic carbocycles. The largest absolute Gasteiger partial charge is 0.488 e. The van der Waals surface area contributed by atoms with Crippen molar-refractivity contribution >= 4 is 11.3 Å². The molecule has 6 heteroatoms. The van der Waals surface area contributed by atoms with Gasteiger partial charge >= 0.3 is 0 Å². The van der Waals surface area contributed by atoms with Crippen molar-refractivity contribution in [2.24, 2.45) is 0 Å². The zero-order valence-corrected chi connectivity index (χ0v) is 16.7. The van der Waals surface area contributed by atoms with Crippen LogP contribution in [-0.2, 0) is 26.1 Å². The molecule has 0 atom stereocenters. The van der Waals surface area contributed by atoms with Gasteiger partial charge in [-0.15, -0.1) is 11.3 Å². The average Bonchev–Trinajstić information content (AvgIpc) is 3.41. The molecule has 0 aliphatic carbocycles. The average molecular weight is 396 g/mol. The Bertz CT molecular complexity index is 929. The molecule has 0 unspecified atom stereocenters. The van der Waals surface area contributed by atoms with E-state index >= 15 is 0 Å². The monoisotopic (exact) mass is 395 g/mol. The number of nitrogens with zero attached hydrogens (tertiary/aromatic N) is 3. The molecule has 0 radical (unpaired) electrons. The Morgan fingerprint density at radius 2 is 1.86 bits per heavy atom. The van der Waals surface area contributed by atoms with Crippen LogP contribution < -0.4 is 10.3 Å². The minimum absolute atomic E-state index is 0.0348. The Morgan fingerprint density at radius 1 is 1.07 bits per heavy atom. The fourth-order valence-corrected chi connectivity index (χ4v) is 4.00. The maximum atomic E-state index is 12.3. The second-order valence-electron chi connectivity index (χ2n) is 7.20. The molecule has 5 nitrogen and oxygen atoms in total. The molecular formula is C22H25N3O2S. The lowest BCUT2D eigenvalue weighted by Crippen LogP contribution is -2.20. The molecule has 0 N–H and O–H groups in total. The second-order valence-corrected chi connectivity index (χ2v) is 8.17. The number of hydrogen-bond donors (Lipinski definition) is 0. The summed E-state index contributed by atoms with van der Waals surface area (Å²) in [5.74, 6) is 0.598. The quantitative estimate of drug-likeness (QED) is 0.583. The maximum absolute atomic E-state index is 12.3. The van der Waals surface area contributed by atoms with E-state index in [-0.39, 0.29) is 5.56 Å². The number of likely N-dealkylation sites (tertiary alicyclic amines) is 1.